The van der Waals surface area contributed by atoms with Crippen molar-refractivity contribution in [1.82, 2.24) is 20.1 Å². The fourth-order valence-electron chi connectivity index (χ4n) is 4.21. The minimum absolute atomic E-state index is 0.00909. The highest BCUT2D eigenvalue weighted by Gasteiger charge is 2.22. The molecular weight excluding hydrogens is 452 g/mol. The summed E-state index contributed by atoms with van der Waals surface area (Å²) in [7, 11) is 0. The van der Waals surface area contributed by atoms with Gasteiger partial charge in [-0.05, 0) is 76.1 Å². The monoisotopic (exact) mass is 484 g/mol. The molecule has 0 saturated heterocycles. The maximum absolute atomic E-state index is 12.4. The van der Waals surface area contributed by atoms with Crippen molar-refractivity contribution in [3.8, 4) is 11.3 Å². The predicted octanol–water partition coefficient (Wildman–Crippen LogP) is 4.46. The zero-order chi connectivity index (χ0) is 25.7. The zero-order valence-corrected chi connectivity index (χ0v) is 21.2. The standard InChI is InChI=1S/C28H32N6O2/c1-19(16-31-27(29-5)32-23-14-21-8-6-7-9-22(21)15-23)24-17-34(18-25(35)36-28(2,3)4)33-26(24)20-10-12-30-13-11-20/h6-13,16-17,23H,5,14-15,18H2,1-4H3,(H,31,32)/b19-16+. The van der Waals surface area contributed by atoms with Crippen LogP contribution in [-0.2, 0) is 28.9 Å². The van der Waals surface area contributed by atoms with Crippen LogP contribution >= 0.6 is 0 Å². The summed E-state index contributed by atoms with van der Waals surface area (Å²) >= 11 is 0. The number of aromatic nitrogens is 3. The molecule has 8 heteroatoms. The molecule has 0 amide bonds. The van der Waals surface area contributed by atoms with Crippen molar-refractivity contribution in [1.29, 1.82) is 0 Å². The Morgan fingerprint density at radius 1 is 1.19 bits per heavy atom. The Kier molecular flexibility index (Phi) is 7.43. The first-order valence-electron chi connectivity index (χ1n) is 12.0. The molecule has 186 valence electrons. The number of carbonyl (C=O) groups excluding carboxylic acids is 1. The molecule has 0 spiro atoms. The molecule has 0 fully saturated rings. The highest BCUT2D eigenvalue weighted by Crippen LogP contribution is 2.28. The third kappa shape index (κ3) is 6.33. The number of fused-ring (bicyclic) bond motifs is 1. The van der Waals surface area contributed by atoms with Gasteiger partial charge in [0.05, 0.1) is 5.69 Å². The molecule has 3 aromatic rings. The summed E-state index contributed by atoms with van der Waals surface area (Å²) in [5.41, 5.74) is 5.49. The maximum Gasteiger partial charge on any atom is 0.328 e. The van der Waals surface area contributed by atoms with Gasteiger partial charge in [-0.2, -0.15) is 5.10 Å². The number of hydrogen-bond donors (Lipinski definition) is 1. The highest BCUT2D eigenvalue weighted by molar-refractivity contribution is 5.86. The number of allylic oxidation sites excluding steroid dienone is 1. The second-order valence-corrected chi connectivity index (χ2v) is 9.85. The first-order valence-corrected chi connectivity index (χ1v) is 12.0. The fraction of sp³-hybridized carbons (Fsp3) is 0.321. The average Bonchev–Trinajstić information content (AvgIpc) is 3.44. The van der Waals surface area contributed by atoms with Crippen molar-refractivity contribution in [2.75, 3.05) is 0 Å². The lowest BCUT2D eigenvalue weighted by Crippen LogP contribution is -2.34. The van der Waals surface area contributed by atoms with Gasteiger partial charge < -0.3 is 10.1 Å². The Bertz CT molecular complexity index is 1280. The maximum atomic E-state index is 12.4. The molecule has 0 saturated carbocycles. The number of pyridine rings is 1. The molecule has 1 aliphatic rings. The van der Waals surface area contributed by atoms with Crippen LogP contribution in [0.3, 0.4) is 0 Å². The first kappa shape index (κ1) is 25.0. The summed E-state index contributed by atoms with van der Waals surface area (Å²) in [6.45, 7) is 11.2. The van der Waals surface area contributed by atoms with Gasteiger partial charge in [0.1, 0.15) is 12.1 Å². The highest BCUT2D eigenvalue weighted by atomic mass is 16.6. The van der Waals surface area contributed by atoms with Crippen molar-refractivity contribution >= 4 is 24.2 Å². The van der Waals surface area contributed by atoms with Gasteiger partial charge in [0.25, 0.3) is 0 Å². The normalized spacial score (nSPS) is 14.4. The number of aliphatic imine (C=N–C) groups is 2. The number of guanidine groups is 1. The summed E-state index contributed by atoms with van der Waals surface area (Å²) in [6, 6.07) is 12.5. The van der Waals surface area contributed by atoms with Crippen LogP contribution in [0.1, 0.15) is 44.4 Å². The Morgan fingerprint density at radius 3 is 2.47 bits per heavy atom. The first-order chi connectivity index (χ1) is 17.2. The number of nitrogens with zero attached hydrogens (tertiary/aromatic N) is 5. The Hall–Kier alpha value is -4.07. The van der Waals surface area contributed by atoms with Crippen LogP contribution in [0.25, 0.3) is 16.8 Å². The smallest absolute Gasteiger partial charge is 0.328 e. The lowest BCUT2D eigenvalue weighted by Gasteiger charge is -2.19. The topological polar surface area (TPSA) is 93.8 Å². The van der Waals surface area contributed by atoms with Gasteiger partial charge >= 0.3 is 5.97 Å². The lowest BCUT2D eigenvalue weighted by molar-refractivity contribution is -0.155. The van der Waals surface area contributed by atoms with Gasteiger partial charge in [-0.15, -0.1) is 0 Å². The van der Waals surface area contributed by atoms with Gasteiger partial charge in [-0.25, -0.2) is 9.98 Å². The van der Waals surface area contributed by atoms with E-state index in [1.165, 1.54) is 11.1 Å². The summed E-state index contributed by atoms with van der Waals surface area (Å²) in [4.78, 5) is 25.2. The number of esters is 1. The van der Waals surface area contributed by atoms with E-state index >= 15 is 0 Å². The molecule has 2 heterocycles. The molecule has 0 atom stereocenters. The largest absolute Gasteiger partial charge is 0.459 e. The Labute approximate surface area is 211 Å². The second-order valence-electron chi connectivity index (χ2n) is 9.85. The third-order valence-corrected chi connectivity index (χ3v) is 5.77. The van der Waals surface area contributed by atoms with E-state index in [9.17, 15) is 4.79 Å². The predicted molar refractivity (Wildman–Crippen MR) is 143 cm³/mol. The van der Waals surface area contributed by atoms with E-state index < -0.39 is 5.60 Å². The van der Waals surface area contributed by atoms with Crippen molar-refractivity contribution in [3.63, 3.8) is 0 Å². The SMILES string of the molecule is C=N/C(=N\C=C(/C)c1cn(CC(=O)OC(C)(C)C)nc1-c1ccncc1)NC1Cc2ccccc2C1. The minimum atomic E-state index is -0.562. The molecule has 1 N–H and O–H groups in total. The average molecular weight is 485 g/mol. The zero-order valence-electron chi connectivity index (χ0n) is 21.2. The van der Waals surface area contributed by atoms with E-state index in [1.807, 2.05) is 46.0 Å². The lowest BCUT2D eigenvalue weighted by atomic mass is 10.0. The van der Waals surface area contributed by atoms with E-state index in [0.717, 1.165) is 35.2 Å². The quantitative estimate of drug-likeness (QED) is 0.317. The summed E-state index contributed by atoms with van der Waals surface area (Å²) < 4.78 is 7.06. The van der Waals surface area contributed by atoms with Crippen LogP contribution in [0, 0.1) is 0 Å². The van der Waals surface area contributed by atoms with Gasteiger partial charge in [0.2, 0.25) is 5.96 Å². The number of ether oxygens (including phenoxy) is 1. The minimum Gasteiger partial charge on any atom is -0.459 e. The second kappa shape index (κ2) is 10.7. The molecule has 0 radical (unpaired) electrons. The van der Waals surface area contributed by atoms with E-state index in [2.05, 4.69) is 56.4 Å². The molecule has 0 unspecified atom stereocenters. The van der Waals surface area contributed by atoms with Crippen LogP contribution < -0.4 is 5.32 Å². The number of hydrogen-bond acceptors (Lipinski definition) is 5. The van der Waals surface area contributed by atoms with Crippen molar-refractivity contribution < 1.29 is 9.53 Å². The summed E-state index contributed by atoms with van der Waals surface area (Å²) in [5, 5.41) is 8.08. The Morgan fingerprint density at radius 2 is 1.86 bits per heavy atom. The Balaban J connectivity index is 1.56. The van der Waals surface area contributed by atoms with Crippen molar-refractivity contribution in [2.45, 2.75) is 58.7 Å². The van der Waals surface area contributed by atoms with Crippen LogP contribution in [0.4, 0.5) is 0 Å². The number of carbonyl (C=O) groups is 1. The molecule has 1 aromatic carbocycles. The molecular formula is C28H32N6O2. The molecule has 0 aliphatic heterocycles. The van der Waals surface area contributed by atoms with Crippen molar-refractivity contribution in [3.05, 3.63) is 77.9 Å². The third-order valence-electron chi connectivity index (χ3n) is 5.77. The molecule has 0 bridgehead atoms. The fourth-order valence-corrected chi connectivity index (χ4v) is 4.21. The molecule has 1 aliphatic carbocycles. The van der Waals surface area contributed by atoms with Gasteiger partial charge in [-0.3, -0.25) is 14.5 Å². The van der Waals surface area contributed by atoms with E-state index in [0.29, 0.717) is 5.96 Å². The molecule has 4 rings (SSSR count). The van der Waals surface area contributed by atoms with E-state index in [-0.39, 0.29) is 18.6 Å². The van der Waals surface area contributed by atoms with Crippen LogP contribution in [0.15, 0.2) is 71.2 Å². The van der Waals surface area contributed by atoms with Crippen molar-refractivity contribution in [2.24, 2.45) is 9.98 Å². The number of benzene rings is 1. The van der Waals surface area contributed by atoms with E-state index in [4.69, 9.17) is 4.74 Å². The summed E-state index contributed by atoms with van der Waals surface area (Å²) in [6.07, 6.45) is 8.87. The van der Waals surface area contributed by atoms with Crippen LogP contribution in [0.2, 0.25) is 0 Å². The van der Waals surface area contributed by atoms with Gasteiger partial charge in [0, 0.05) is 42.0 Å². The molecule has 2 aromatic heterocycles. The summed E-state index contributed by atoms with van der Waals surface area (Å²) in [5.74, 6) is 0.121. The van der Waals surface area contributed by atoms with Crippen LogP contribution in [0.5, 0.6) is 0 Å². The van der Waals surface area contributed by atoms with Gasteiger partial charge in [0.15, 0.2) is 0 Å². The molecule has 36 heavy (non-hydrogen) atoms. The molecule has 8 nitrogen and oxygen atoms in total. The van der Waals surface area contributed by atoms with Crippen LogP contribution in [-0.4, -0.2) is 45.1 Å². The number of rotatable bonds is 6. The van der Waals surface area contributed by atoms with E-state index in [1.54, 1.807) is 23.3 Å². The van der Waals surface area contributed by atoms with Gasteiger partial charge in [-0.1, -0.05) is 24.3 Å². The number of nitrogens with one attached hydrogen (secondary N) is 1.